The molecule has 3 aromatic carbocycles. The molecule has 0 bridgehead atoms. The molecule has 1 aliphatic rings. The number of hydrogen-bond donors (Lipinski definition) is 0. The Morgan fingerprint density at radius 3 is 0.863 bits per heavy atom. The Balaban J connectivity index is 1.85. The third kappa shape index (κ3) is 8.04. The fraction of sp³-hybridized carbons (Fsp3) is 0.300. The minimum Gasteiger partial charge on any atom is -0.288 e. The fourth-order valence-electron chi connectivity index (χ4n) is 6.13. The van der Waals surface area contributed by atoms with Crippen molar-refractivity contribution in [1.29, 1.82) is 0 Å². The Kier molecular flexibility index (Phi) is 10.9. The van der Waals surface area contributed by atoms with Crippen molar-refractivity contribution in [2.75, 3.05) is 0 Å². The molecule has 1 aliphatic carbocycles. The van der Waals surface area contributed by atoms with Crippen LogP contribution < -0.4 is 0 Å². The van der Waals surface area contributed by atoms with E-state index < -0.39 is 99.5 Å². The molecular weight excluding hydrogens is 678 g/mol. The first-order chi connectivity index (χ1) is 24.0. The van der Waals surface area contributed by atoms with Crippen molar-refractivity contribution in [3.63, 3.8) is 0 Å². The lowest BCUT2D eigenvalue weighted by molar-refractivity contribution is -0.389. The molecule has 0 atom stereocenters. The van der Waals surface area contributed by atoms with Crippen LogP contribution in [-0.2, 0) is 0 Å². The summed E-state index contributed by atoms with van der Waals surface area (Å²) in [6.07, 6.45) is 3.32. The number of hydrogen-bond acceptors (Lipinski definition) is 15. The minimum atomic E-state index is -0.787. The molecular formula is C30H27N9O12. The van der Waals surface area contributed by atoms with Gasteiger partial charge in [-0.05, 0) is 0 Å². The van der Waals surface area contributed by atoms with Gasteiger partial charge >= 0.3 is 0 Å². The number of nitrogens with zero attached hydrogens (tertiary/aromatic N) is 9. The second-order valence-electron chi connectivity index (χ2n) is 11.7. The van der Waals surface area contributed by atoms with Crippen LogP contribution in [0.1, 0.15) is 37.5 Å². The zero-order valence-corrected chi connectivity index (χ0v) is 26.8. The van der Waals surface area contributed by atoms with E-state index in [1.165, 1.54) is 0 Å². The third-order valence-electron chi connectivity index (χ3n) is 8.65. The van der Waals surface area contributed by atoms with E-state index in [9.17, 15) is 60.7 Å². The van der Waals surface area contributed by atoms with Crippen LogP contribution in [-0.4, -0.2) is 66.3 Å². The smallest absolute Gasteiger partial charge is 0.278 e. The Morgan fingerprint density at radius 2 is 0.667 bits per heavy atom. The number of benzene rings is 3. The van der Waals surface area contributed by atoms with E-state index in [1.807, 2.05) is 0 Å². The van der Waals surface area contributed by atoms with Crippen LogP contribution in [0.15, 0.2) is 69.6 Å². The number of nitro benzene ring substituents is 6. The molecule has 4 rings (SSSR count). The molecule has 0 amide bonds. The van der Waals surface area contributed by atoms with E-state index in [0.29, 0.717) is 0 Å². The maximum atomic E-state index is 11.7. The highest BCUT2D eigenvalue weighted by Gasteiger charge is 2.45. The molecule has 0 spiro atoms. The Labute approximate surface area is 286 Å². The van der Waals surface area contributed by atoms with E-state index in [1.54, 1.807) is 20.8 Å². The summed E-state index contributed by atoms with van der Waals surface area (Å²) in [5.74, 6) is -1.63. The Hall–Kier alpha value is -6.93. The van der Waals surface area contributed by atoms with Gasteiger partial charge in [-0.25, -0.2) is 0 Å². The van der Waals surface area contributed by atoms with Crippen molar-refractivity contribution >= 4 is 52.8 Å². The van der Waals surface area contributed by atoms with E-state index in [-0.39, 0.29) is 16.7 Å². The summed E-state index contributed by atoms with van der Waals surface area (Å²) in [7, 11) is 0. The number of nitro groups is 6. The molecule has 0 saturated heterocycles. The van der Waals surface area contributed by atoms with Crippen molar-refractivity contribution in [3.05, 3.63) is 132 Å². The second kappa shape index (κ2) is 15.1. The number of aliphatic imine (C=N–C) groups is 3. The average Bonchev–Trinajstić information content (AvgIpc) is 3.07. The standard InChI is InChI=1S/C30H27N9O12/c1-16-28(31-13-19-10-22(34(40)41)4-7-25(19)37(46)47)17(2)30(33-15-21-12-24(36(44)45)6-9-27(21)39(50)51)18(3)29(16)32-14-20-11-23(35(42)43)5-8-26(20)38(48)49/h4-18,28-30H,1-3H3. The maximum absolute atomic E-state index is 11.7. The summed E-state index contributed by atoms with van der Waals surface area (Å²) in [5, 5.41) is 69.3. The highest BCUT2D eigenvalue weighted by Crippen LogP contribution is 2.40. The third-order valence-corrected chi connectivity index (χ3v) is 8.65. The van der Waals surface area contributed by atoms with Crippen LogP contribution in [0.25, 0.3) is 0 Å². The van der Waals surface area contributed by atoms with Crippen molar-refractivity contribution < 1.29 is 29.5 Å². The summed E-state index contributed by atoms with van der Waals surface area (Å²) >= 11 is 0. The maximum Gasteiger partial charge on any atom is 0.278 e. The Morgan fingerprint density at radius 1 is 0.431 bits per heavy atom. The highest BCUT2D eigenvalue weighted by atomic mass is 16.6. The largest absolute Gasteiger partial charge is 0.288 e. The molecule has 21 heteroatoms. The molecule has 0 unspecified atom stereocenters. The molecule has 51 heavy (non-hydrogen) atoms. The topological polar surface area (TPSA) is 296 Å². The van der Waals surface area contributed by atoms with Gasteiger partial charge in [-0.15, -0.1) is 0 Å². The van der Waals surface area contributed by atoms with Gasteiger partial charge in [0.25, 0.3) is 34.1 Å². The van der Waals surface area contributed by atoms with Crippen molar-refractivity contribution in [2.45, 2.75) is 38.9 Å². The molecule has 0 radical (unpaired) electrons. The minimum absolute atomic E-state index is 0.174. The zero-order valence-electron chi connectivity index (χ0n) is 26.8. The number of non-ortho nitro benzene ring substituents is 3. The second-order valence-corrected chi connectivity index (χ2v) is 11.7. The van der Waals surface area contributed by atoms with Gasteiger partial charge in [0, 0.05) is 91.0 Å². The summed E-state index contributed by atoms with van der Waals surface area (Å²) in [6, 6.07) is 6.40. The first-order valence-electron chi connectivity index (χ1n) is 14.9. The predicted molar refractivity (Wildman–Crippen MR) is 181 cm³/mol. The van der Waals surface area contributed by atoms with Gasteiger partial charge in [-0.1, -0.05) is 20.8 Å². The van der Waals surface area contributed by atoms with Crippen molar-refractivity contribution in [2.24, 2.45) is 32.7 Å². The van der Waals surface area contributed by atoms with Crippen LogP contribution >= 0.6 is 0 Å². The predicted octanol–water partition coefficient (Wildman–Crippen LogP) is 5.82. The summed E-state index contributed by atoms with van der Waals surface area (Å²) < 4.78 is 0. The van der Waals surface area contributed by atoms with E-state index in [2.05, 4.69) is 15.0 Å². The first kappa shape index (κ1) is 36.9. The van der Waals surface area contributed by atoms with E-state index in [4.69, 9.17) is 0 Å². The normalized spacial score (nSPS) is 21.9. The first-order valence-corrected chi connectivity index (χ1v) is 14.9. The molecule has 0 aromatic heterocycles. The molecule has 264 valence electrons. The summed E-state index contributed by atoms with van der Waals surface area (Å²) in [4.78, 5) is 78.6. The summed E-state index contributed by atoms with van der Waals surface area (Å²) in [5.41, 5.74) is -3.20. The van der Waals surface area contributed by atoms with Crippen molar-refractivity contribution in [3.8, 4) is 0 Å². The Bertz CT molecular complexity index is 1790. The molecule has 0 heterocycles. The highest BCUT2D eigenvalue weighted by molar-refractivity contribution is 5.88. The lowest BCUT2D eigenvalue weighted by Crippen LogP contribution is -2.50. The van der Waals surface area contributed by atoms with Gasteiger partial charge in [0.1, 0.15) is 0 Å². The van der Waals surface area contributed by atoms with Gasteiger partial charge in [0.15, 0.2) is 0 Å². The van der Waals surface area contributed by atoms with Crippen LogP contribution in [0.2, 0.25) is 0 Å². The van der Waals surface area contributed by atoms with E-state index in [0.717, 1.165) is 73.2 Å². The average molecular weight is 706 g/mol. The van der Waals surface area contributed by atoms with Gasteiger partial charge in [0.2, 0.25) is 0 Å². The molecule has 0 aliphatic heterocycles. The van der Waals surface area contributed by atoms with E-state index >= 15 is 0 Å². The molecule has 0 N–H and O–H groups in total. The van der Waals surface area contributed by atoms with Crippen LogP contribution in [0.5, 0.6) is 0 Å². The molecule has 3 aromatic rings. The zero-order chi connectivity index (χ0) is 37.7. The van der Waals surface area contributed by atoms with Gasteiger partial charge < -0.3 is 0 Å². The van der Waals surface area contributed by atoms with Gasteiger partial charge in [0.05, 0.1) is 64.4 Å². The van der Waals surface area contributed by atoms with Crippen LogP contribution in [0.4, 0.5) is 34.1 Å². The SMILES string of the molecule is CC1C(N=Cc2cc([N+](=O)[O-])ccc2[N+](=O)[O-])C(C)C(N=Cc2cc([N+](=O)[O-])ccc2[N+](=O)[O-])C(C)C1N=Cc1cc([N+](=O)[O-])ccc1[N+](=O)[O-]. The molecule has 1 fully saturated rings. The fourth-order valence-corrected chi connectivity index (χ4v) is 6.13. The molecule has 1 saturated carbocycles. The van der Waals surface area contributed by atoms with Gasteiger partial charge in [-0.3, -0.25) is 75.7 Å². The summed E-state index contributed by atoms with van der Waals surface area (Å²) in [6.45, 7) is 5.18. The lowest BCUT2D eigenvalue weighted by Gasteiger charge is -2.44. The van der Waals surface area contributed by atoms with Crippen LogP contribution in [0, 0.1) is 78.4 Å². The molecule has 21 nitrogen and oxygen atoms in total. The quantitative estimate of drug-likeness (QED) is 0.122. The van der Waals surface area contributed by atoms with Crippen molar-refractivity contribution in [1.82, 2.24) is 0 Å². The lowest BCUT2D eigenvalue weighted by atomic mass is 9.67. The number of rotatable bonds is 12. The van der Waals surface area contributed by atoms with Crippen LogP contribution in [0.3, 0.4) is 0 Å². The van der Waals surface area contributed by atoms with Gasteiger partial charge in [-0.2, -0.15) is 0 Å². The monoisotopic (exact) mass is 705 g/mol.